The predicted molar refractivity (Wildman–Crippen MR) is 91.3 cm³/mol. The van der Waals surface area contributed by atoms with Crippen LogP contribution in [0.25, 0.3) is 0 Å². The Bertz CT molecular complexity index is 410. The molecular weight excluding hydrogens is 294 g/mol. The zero-order valence-corrected chi connectivity index (χ0v) is 15.4. The molecule has 0 bridgehead atoms. The van der Waals surface area contributed by atoms with E-state index in [9.17, 15) is 9.90 Å². The predicted octanol–water partition coefficient (Wildman–Crippen LogP) is 2.57. The molecule has 1 aliphatic rings. The number of aliphatic hydroxyl groups is 1. The molecule has 0 aromatic heterocycles. The molecule has 0 aromatic carbocycles. The van der Waals surface area contributed by atoms with Crippen LogP contribution in [0.15, 0.2) is 11.6 Å². The van der Waals surface area contributed by atoms with Gasteiger partial charge in [-0.1, -0.05) is 13.8 Å². The molecule has 0 spiro atoms. The van der Waals surface area contributed by atoms with Crippen molar-refractivity contribution in [2.75, 3.05) is 6.61 Å². The molecule has 1 aliphatic carbocycles. The monoisotopic (exact) mass is 327 g/mol. The molecule has 0 fully saturated rings. The minimum atomic E-state index is -0.682. The molecule has 2 N–H and O–H groups in total. The first-order valence-electron chi connectivity index (χ1n) is 8.70. The number of rotatable bonds is 7. The Hall–Kier alpha value is -0.910. The third kappa shape index (κ3) is 6.24. The SMILES string of the molecule is CCOC(=O)C1=C[C@@H](OC(CC)CC)[C@@H](NC(C)(C)C)[C@H](O)C1. The van der Waals surface area contributed by atoms with Gasteiger partial charge in [-0.2, -0.15) is 0 Å². The molecule has 23 heavy (non-hydrogen) atoms. The van der Waals surface area contributed by atoms with Crippen molar-refractivity contribution in [3.8, 4) is 0 Å². The van der Waals surface area contributed by atoms with Gasteiger partial charge < -0.3 is 19.9 Å². The highest BCUT2D eigenvalue weighted by Gasteiger charge is 2.37. The second-order valence-electron chi connectivity index (χ2n) is 7.14. The number of carbonyl (C=O) groups excluding carboxylic acids is 1. The van der Waals surface area contributed by atoms with E-state index in [1.165, 1.54) is 0 Å². The normalized spacial score (nSPS) is 25.4. The molecular formula is C18H33NO4. The summed E-state index contributed by atoms with van der Waals surface area (Å²) in [6.07, 6.45) is 2.98. The molecule has 0 radical (unpaired) electrons. The summed E-state index contributed by atoms with van der Waals surface area (Å²) in [7, 11) is 0. The Balaban J connectivity index is 3.02. The van der Waals surface area contributed by atoms with Crippen LogP contribution in [0.3, 0.4) is 0 Å². The summed E-state index contributed by atoms with van der Waals surface area (Å²) < 4.78 is 11.2. The van der Waals surface area contributed by atoms with E-state index in [0.717, 1.165) is 12.8 Å². The fourth-order valence-electron chi connectivity index (χ4n) is 2.82. The minimum Gasteiger partial charge on any atom is -0.463 e. The average molecular weight is 327 g/mol. The van der Waals surface area contributed by atoms with E-state index < -0.39 is 6.10 Å². The second-order valence-corrected chi connectivity index (χ2v) is 7.14. The standard InChI is InChI=1S/C18H33NO4/c1-7-13(8-2)23-15-11-12(17(21)22-9-3)10-14(20)16(15)19-18(4,5)6/h11,13-16,19-20H,7-10H2,1-6H3/t14-,15-,16+/m1/s1. The van der Waals surface area contributed by atoms with E-state index in [1.807, 2.05) is 6.08 Å². The third-order valence-corrected chi connectivity index (χ3v) is 3.96. The van der Waals surface area contributed by atoms with Gasteiger partial charge >= 0.3 is 5.97 Å². The van der Waals surface area contributed by atoms with E-state index >= 15 is 0 Å². The molecule has 134 valence electrons. The quantitative estimate of drug-likeness (QED) is 0.704. The van der Waals surface area contributed by atoms with Crippen LogP contribution in [0, 0.1) is 0 Å². The molecule has 1 rings (SSSR count). The molecule has 0 saturated carbocycles. The number of hydrogen-bond acceptors (Lipinski definition) is 5. The number of hydrogen-bond donors (Lipinski definition) is 2. The summed E-state index contributed by atoms with van der Waals surface area (Å²) in [5.74, 6) is -0.362. The van der Waals surface area contributed by atoms with Crippen molar-refractivity contribution in [3.63, 3.8) is 0 Å². The van der Waals surface area contributed by atoms with Crippen molar-refractivity contribution in [3.05, 3.63) is 11.6 Å². The smallest absolute Gasteiger partial charge is 0.333 e. The lowest BCUT2D eigenvalue weighted by Crippen LogP contribution is -2.57. The van der Waals surface area contributed by atoms with E-state index in [4.69, 9.17) is 9.47 Å². The van der Waals surface area contributed by atoms with Gasteiger partial charge in [-0.25, -0.2) is 4.79 Å². The van der Waals surface area contributed by atoms with E-state index in [-0.39, 0.29) is 36.2 Å². The maximum atomic E-state index is 12.0. The van der Waals surface area contributed by atoms with Crippen LogP contribution in [-0.4, -0.2) is 47.6 Å². The Kier molecular flexibility index (Phi) is 7.71. The van der Waals surface area contributed by atoms with Crippen molar-refractivity contribution in [1.29, 1.82) is 0 Å². The summed E-state index contributed by atoms with van der Waals surface area (Å²) in [6, 6.07) is -0.242. The van der Waals surface area contributed by atoms with Gasteiger partial charge in [0.25, 0.3) is 0 Å². The first-order valence-corrected chi connectivity index (χ1v) is 8.70. The molecule has 5 heteroatoms. The highest BCUT2D eigenvalue weighted by atomic mass is 16.5. The lowest BCUT2D eigenvalue weighted by molar-refractivity contribution is -0.139. The molecule has 0 heterocycles. The van der Waals surface area contributed by atoms with Crippen molar-refractivity contribution >= 4 is 5.97 Å². The first kappa shape index (κ1) is 20.1. The fraction of sp³-hybridized carbons (Fsp3) is 0.833. The van der Waals surface area contributed by atoms with Crippen molar-refractivity contribution in [2.45, 2.75) is 90.7 Å². The largest absolute Gasteiger partial charge is 0.463 e. The van der Waals surface area contributed by atoms with Crippen LogP contribution in [0.5, 0.6) is 0 Å². The third-order valence-electron chi connectivity index (χ3n) is 3.96. The van der Waals surface area contributed by atoms with Gasteiger partial charge in [0.05, 0.1) is 31.0 Å². The fourth-order valence-corrected chi connectivity index (χ4v) is 2.82. The maximum absolute atomic E-state index is 12.0. The van der Waals surface area contributed by atoms with Crippen LogP contribution in [0.4, 0.5) is 0 Å². The summed E-state index contributed by atoms with van der Waals surface area (Å²) in [4.78, 5) is 12.0. The second kappa shape index (κ2) is 8.81. The average Bonchev–Trinajstić information content (AvgIpc) is 2.46. The van der Waals surface area contributed by atoms with Gasteiger partial charge in [-0.3, -0.25) is 0 Å². The van der Waals surface area contributed by atoms with Gasteiger partial charge in [0, 0.05) is 17.5 Å². The van der Waals surface area contributed by atoms with Crippen molar-refractivity contribution < 1.29 is 19.4 Å². The van der Waals surface area contributed by atoms with Crippen LogP contribution in [-0.2, 0) is 14.3 Å². The maximum Gasteiger partial charge on any atom is 0.333 e. The number of aliphatic hydroxyl groups excluding tert-OH is 1. The summed E-state index contributed by atoms with van der Waals surface area (Å²) in [6.45, 7) is 12.4. The van der Waals surface area contributed by atoms with Crippen LogP contribution < -0.4 is 5.32 Å². The summed E-state index contributed by atoms with van der Waals surface area (Å²) in [5.41, 5.74) is 0.346. The molecule has 0 aromatic rings. The van der Waals surface area contributed by atoms with Crippen molar-refractivity contribution in [2.24, 2.45) is 0 Å². The molecule has 0 saturated heterocycles. The zero-order valence-electron chi connectivity index (χ0n) is 15.4. The lowest BCUT2D eigenvalue weighted by Gasteiger charge is -2.40. The number of nitrogens with one attached hydrogen (secondary N) is 1. The van der Waals surface area contributed by atoms with Gasteiger partial charge in [0.15, 0.2) is 0 Å². The highest BCUT2D eigenvalue weighted by Crippen LogP contribution is 2.26. The van der Waals surface area contributed by atoms with Crippen LogP contribution in [0.1, 0.15) is 60.8 Å². The topological polar surface area (TPSA) is 67.8 Å². The number of esters is 1. The van der Waals surface area contributed by atoms with E-state index in [0.29, 0.717) is 12.2 Å². The summed E-state index contributed by atoms with van der Waals surface area (Å²) in [5, 5.41) is 14.0. The Labute approximate surface area is 140 Å². The summed E-state index contributed by atoms with van der Waals surface area (Å²) >= 11 is 0. The molecule has 0 unspecified atom stereocenters. The van der Waals surface area contributed by atoms with Gasteiger partial charge in [-0.15, -0.1) is 0 Å². The van der Waals surface area contributed by atoms with Gasteiger partial charge in [0.1, 0.15) is 0 Å². The first-order chi connectivity index (χ1) is 10.7. The van der Waals surface area contributed by atoms with Crippen LogP contribution >= 0.6 is 0 Å². The van der Waals surface area contributed by atoms with E-state index in [2.05, 4.69) is 39.9 Å². The molecule has 3 atom stereocenters. The molecule has 5 nitrogen and oxygen atoms in total. The Morgan fingerprint density at radius 1 is 1.35 bits per heavy atom. The Morgan fingerprint density at radius 2 is 1.96 bits per heavy atom. The van der Waals surface area contributed by atoms with Crippen LogP contribution in [0.2, 0.25) is 0 Å². The van der Waals surface area contributed by atoms with E-state index in [1.54, 1.807) is 6.92 Å². The van der Waals surface area contributed by atoms with Gasteiger partial charge in [0.2, 0.25) is 0 Å². The van der Waals surface area contributed by atoms with Gasteiger partial charge in [-0.05, 0) is 46.6 Å². The zero-order chi connectivity index (χ0) is 17.6. The number of carbonyl (C=O) groups is 1. The molecule has 0 amide bonds. The number of ether oxygens (including phenoxy) is 2. The minimum absolute atomic E-state index is 0.106. The highest BCUT2D eigenvalue weighted by molar-refractivity contribution is 5.88. The van der Waals surface area contributed by atoms with Crippen molar-refractivity contribution in [1.82, 2.24) is 5.32 Å². The Morgan fingerprint density at radius 3 is 2.43 bits per heavy atom. The molecule has 0 aliphatic heterocycles. The lowest BCUT2D eigenvalue weighted by atomic mass is 9.88.